The van der Waals surface area contributed by atoms with Crippen LogP contribution in [0.15, 0.2) is 36.4 Å². The van der Waals surface area contributed by atoms with Crippen LogP contribution in [0.25, 0.3) is 11.1 Å². The predicted molar refractivity (Wildman–Crippen MR) is 78.2 cm³/mol. The quantitative estimate of drug-likeness (QED) is 0.484. The predicted octanol–water partition coefficient (Wildman–Crippen LogP) is 4.80. The Morgan fingerprint density at radius 3 is 1.83 bits per heavy atom. The summed E-state index contributed by atoms with van der Waals surface area (Å²) in [6, 6.07) is 7.69. The van der Waals surface area contributed by atoms with Gasteiger partial charge < -0.3 is 4.18 Å². The van der Waals surface area contributed by atoms with Gasteiger partial charge in [0.15, 0.2) is 0 Å². The van der Waals surface area contributed by atoms with E-state index < -0.39 is 39.1 Å². The minimum Gasteiger partial charge on any atom is -0.378 e. The maximum Gasteiger partial charge on any atom is 0.460 e. The molecule has 2 aliphatic rings. The van der Waals surface area contributed by atoms with Gasteiger partial charge in [0.1, 0.15) is 5.75 Å². The van der Waals surface area contributed by atoms with E-state index in [2.05, 4.69) is 4.18 Å². The minimum atomic E-state index is -7.39. The number of hydrogen-bond donors (Lipinski definition) is 0. The Labute approximate surface area is 156 Å². The fourth-order valence-corrected chi connectivity index (χ4v) is 2.99. The van der Waals surface area contributed by atoms with Gasteiger partial charge in [-0.3, -0.25) is 0 Å². The number of fused-ring (bicyclic) bond motifs is 1. The zero-order chi connectivity index (χ0) is 22.5. The number of alkyl halides is 9. The molecule has 14 heteroatoms. The van der Waals surface area contributed by atoms with Gasteiger partial charge in [-0.25, -0.2) is 0 Å². The standard InChI is InChI=1S/C15H6F9NO3S/c16-12(17,14(20,21)22)13(18,19)15(23,24)29(26,27)28-10-4-3-8-1-2-9(7-25)11(8)6-5-10/h1-6H. The molecule has 0 fully saturated rings. The van der Waals surface area contributed by atoms with Crippen molar-refractivity contribution in [2.24, 2.45) is 0 Å². The highest BCUT2D eigenvalue weighted by Crippen LogP contribution is 2.55. The summed E-state index contributed by atoms with van der Waals surface area (Å²) in [5.74, 6) is -15.9. The fraction of sp³-hybridized carbons (Fsp3) is 0.267. The second kappa shape index (κ2) is 6.68. The van der Waals surface area contributed by atoms with Crippen molar-refractivity contribution >= 4 is 10.1 Å². The molecule has 0 saturated heterocycles. The number of halogens is 9. The van der Waals surface area contributed by atoms with E-state index >= 15 is 0 Å². The second-order valence-corrected chi connectivity index (χ2v) is 7.09. The molecule has 4 nitrogen and oxygen atoms in total. The summed E-state index contributed by atoms with van der Waals surface area (Å²) in [5.41, 5.74) is 0.488. The van der Waals surface area contributed by atoms with E-state index in [1.807, 2.05) is 0 Å². The van der Waals surface area contributed by atoms with Crippen molar-refractivity contribution in [2.75, 3.05) is 0 Å². The zero-order valence-electron chi connectivity index (χ0n) is 13.4. The lowest BCUT2D eigenvalue weighted by Crippen LogP contribution is -2.63. The maximum atomic E-state index is 13.6. The Morgan fingerprint density at radius 2 is 1.31 bits per heavy atom. The molecule has 0 spiro atoms. The summed E-state index contributed by atoms with van der Waals surface area (Å²) in [6.45, 7) is 0. The molecule has 0 bridgehead atoms. The molecule has 2 rings (SSSR count). The van der Waals surface area contributed by atoms with Crippen LogP contribution >= 0.6 is 0 Å². The Kier molecular flexibility index (Phi) is 5.21. The molecule has 0 unspecified atom stereocenters. The van der Waals surface area contributed by atoms with Crippen molar-refractivity contribution in [3.8, 4) is 22.9 Å². The van der Waals surface area contributed by atoms with Gasteiger partial charge in [0.2, 0.25) is 0 Å². The van der Waals surface area contributed by atoms with E-state index in [9.17, 15) is 47.9 Å². The first kappa shape index (κ1) is 22.6. The highest BCUT2D eigenvalue weighted by atomic mass is 32.2. The molecule has 158 valence electrons. The van der Waals surface area contributed by atoms with Crippen molar-refractivity contribution in [3.05, 3.63) is 42.0 Å². The first-order valence-corrected chi connectivity index (χ1v) is 8.47. The van der Waals surface area contributed by atoms with Crippen LogP contribution in [-0.4, -0.2) is 31.7 Å². The van der Waals surface area contributed by atoms with Gasteiger partial charge >= 0.3 is 33.4 Å². The van der Waals surface area contributed by atoms with Crippen molar-refractivity contribution < 1.29 is 52.1 Å². The van der Waals surface area contributed by atoms with Gasteiger partial charge in [0.25, 0.3) is 0 Å². The van der Waals surface area contributed by atoms with Crippen LogP contribution in [0, 0.1) is 11.3 Å². The summed E-state index contributed by atoms with van der Waals surface area (Å²) in [5, 5.41) is 1.92. The van der Waals surface area contributed by atoms with Crippen LogP contribution in [-0.2, 0) is 10.1 Å². The van der Waals surface area contributed by atoms with Crippen LogP contribution in [0.2, 0.25) is 0 Å². The average Bonchev–Trinajstić information content (AvgIpc) is 2.87. The molecule has 0 aromatic carbocycles. The Bertz CT molecular complexity index is 1040. The lowest BCUT2D eigenvalue weighted by Gasteiger charge is -2.32. The van der Waals surface area contributed by atoms with Crippen molar-refractivity contribution in [2.45, 2.75) is 23.3 Å². The molecule has 0 aliphatic heterocycles. The zero-order valence-corrected chi connectivity index (χ0v) is 14.3. The maximum absolute atomic E-state index is 13.6. The molecule has 2 aliphatic carbocycles. The number of rotatable bonds is 5. The highest BCUT2D eigenvalue weighted by Gasteiger charge is 2.86. The minimum absolute atomic E-state index is 0.0617. The largest absolute Gasteiger partial charge is 0.460 e. The number of nitriles is 1. The van der Waals surface area contributed by atoms with E-state index in [4.69, 9.17) is 5.26 Å². The molecule has 0 N–H and O–H groups in total. The molecule has 0 radical (unpaired) electrons. The smallest absolute Gasteiger partial charge is 0.378 e. The fourth-order valence-electron chi connectivity index (χ4n) is 2.08. The summed E-state index contributed by atoms with van der Waals surface area (Å²) in [6.07, 6.45) is -7.18. The van der Waals surface area contributed by atoms with Crippen LogP contribution in [0.5, 0.6) is 5.75 Å². The number of nitrogens with zero attached hydrogens (tertiary/aromatic N) is 1. The normalized spacial score (nSPS) is 13.9. The third-order valence-electron chi connectivity index (χ3n) is 3.63. The Morgan fingerprint density at radius 1 is 0.793 bits per heavy atom. The molecule has 29 heavy (non-hydrogen) atoms. The van der Waals surface area contributed by atoms with Gasteiger partial charge in [-0.1, -0.05) is 12.1 Å². The summed E-state index contributed by atoms with van der Waals surface area (Å²) in [4.78, 5) is 0. The summed E-state index contributed by atoms with van der Waals surface area (Å²) >= 11 is 0. The van der Waals surface area contributed by atoms with Gasteiger partial charge in [0.05, 0.1) is 11.6 Å². The first-order chi connectivity index (χ1) is 13.0. The SMILES string of the molecule is N#Cc1ccc2ccc(OS(=O)(=O)C(F)(F)C(F)(F)C(F)(F)C(F)(F)F)ccc1-2. The molecule has 0 aromatic rings. The molecular formula is C15H6F9NO3S. The lowest BCUT2D eigenvalue weighted by atomic mass is 10.1. The molecule has 0 heterocycles. The number of hydrogen-bond acceptors (Lipinski definition) is 4. The van der Waals surface area contributed by atoms with Crippen LogP contribution in [0.4, 0.5) is 39.5 Å². The van der Waals surface area contributed by atoms with E-state index in [1.54, 1.807) is 6.07 Å². The van der Waals surface area contributed by atoms with Crippen molar-refractivity contribution in [1.82, 2.24) is 0 Å². The Balaban J connectivity index is 2.48. The molecule has 0 saturated carbocycles. The third kappa shape index (κ3) is 3.43. The Hall–Kier alpha value is -2.69. The summed E-state index contributed by atoms with van der Waals surface area (Å²) < 4.78 is 143. The average molecular weight is 451 g/mol. The first-order valence-electron chi connectivity index (χ1n) is 7.06. The lowest BCUT2D eigenvalue weighted by molar-refractivity contribution is -0.382. The van der Waals surface area contributed by atoms with Crippen LogP contribution in [0.1, 0.15) is 5.56 Å². The van der Waals surface area contributed by atoms with E-state index in [0.29, 0.717) is 12.1 Å². The topological polar surface area (TPSA) is 67.2 Å². The molecule has 0 amide bonds. The van der Waals surface area contributed by atoms with E-state index in [1.165, 1.54) is 12.1 Å². The summed E-state index contributed by atoms with van der Waals surface area (Å²) in [7, 11) is -7.03. The van der Waals surface area contributed by atoms with Crippen molar-refractivity contribution in [1.29, 1.82) is 5.26 Å². The van der Waals surface area contributed by atoms with Gasteiger partial charge in [-0.2, -0.15) is 53.2 Å². The van der Waals surface area contributed by atoms with Crippen molar-refractivity contribution in [3.63, 3.8) is 0 Å². The monoisotopic (exact) mass is 451 g/mol. The second-order valence-electron chi connectivity index (χ2n) is 5.50. The van der Waals surface area contributed by atoms with Gasteiger partial charge in [-0.05, 0) is 35.4 Å². The van der Waals surface area contributed by atoms with Gasteiger partial charge in [0, 0.05) is 0 Å². The van der Waals surface area contributed by atoms with Gasteiger partial charge in [-0.15, -0.1) is 0 Å². The molecular weight excluding hydrogens is 445 g/mol. The van der Waals surface area contributed by atoms with E-state index in [0.717, 1.165) is 12.1 Å². The van der Waals surface area contributed by atoms with Crippen LogP contribution < -0.4 is 4.18 Å². The molecule has 0 atom stereocenters. The highest BCUT2D eigenvalue weighted by molar-refractivity contribution is 7.88. The van der Waals surface area contributed by atoms with Crippen LogP contribution in [0.3, 0.4) is 0 Å². The molecule has 0 aromatic heterocycles. The van der Waals surface area contributed by atoms with E-state index in [-0.39, 0.29) is 16.7 Å². The third-order valence-corrected chi connectivity index (χ3v) is 4.92.